The van der Waals surface area contributed by atoms with Crippen molar-refractivity contribution in [1.29, 1.82) is 0 Å². The number of nitrogens with one attached hydrogen (secondary N) is 2. The lowest BCUT2D eigenvalue weighted by Crippen LogP contribution is -2.36. The van der Waals surface area contributed by atoms with Crippen molar-refractivity contribution in [2.24, 2.45) is 0 Å². The molecule has 35 heavy (non-hydrogen) atoms. The third-order valence-corrected chi connectivity index (χ3v) is 5.40. The second kappa shape index (κ2) is 12.7. The number of carbonyl (C=O) groups is 2. The Kier molecular flexibility index (Phi) is 9.37. The van der Waals surface area contributed by atoms with Gasteiger partial charge in [0, 0.05) is 48.2 Å². The monoisotopic (exact) mass is 482 g/mol. The van der Waals surface area contributed by atoms with Gasteiger partial charge < -0.3 is 24.8 Å². The van der Waals surface area contributed by atoms with E-state index >= 15 is 0 Å². The zero-order chi connectivity index (χ0) is 25.2. The van der Waals surface area contributed by atoms with Crippen molar-refractivity contribution >= 4 is 23.7 Å². The number of ether oxygens (including phenoxy) is 1. The highest BCUT2D eigenvalue weighted by atomic mass is 19.1. The lowest BCUT2D eigenvalue weighted by Gasteiger charge is -2.29. The minimum absolute atomic E-state index is 0.269. The van der Waals surface area contributed by atoms with E-state index in [4.69, 9.17) is 9.26 Å². The average Bonchev–Trinajstić information content (AvgIpc) is 3.30. The highest BCUT2D eigenvalue weighted by Gasteiger charge is 2.16. The Morgan fingerprint density at radius 1 is 1.14 bits per heavy atom. The minimum atomic E-state index is -0.443. The highest BCUT2D eigenvalue weighted by Crippen LogP contribution is 2.27. The zero-order valence-electron chi connectivity index (χ0n) is 20.3. The Bertz CT molecular complexity index is 1140. The molecule has 2 heterocycles. The topological polar surface area (TPSA) is 96.7 Å². The van der Waals surface area contributed by atoms with Gasteiger partial charge in [-0.1, -0.05) is 18.1 Å². The normalized spacial score (nSPS) is 13.0. The molecule has 1 fully saturated rings. The van der Waals surface area contributed by atoms with Crippen molar-refractivity contribution in [3.63, 3.8) is 0 Å². The van der Waals surface area contributed by atoms with E-state index in [-0.39, 0.29) is 11.5 Å². The maximum absolute atomic E-state index is 14.2. The van der Waals surface area contributed by atoms with Crippen LogP contribution in [0.1, 0.15) is 35.0 Å². The van der Waals surface area contributed by atoms with Gasteiger partial charge in [-0.25, -0.2) is 4.39 Å². The van der Waals surface area contributed by atoms with Crippen molar-refractivity contribution in [3.05, 3.63) is 65.2 Å². The van der Waals surface area contributed by atoms with Crippen LogP contribution in [0.2, 0.25) is 0 Å². The molecule has 0 atom stereocenters. The highest BCUT2D eigenvalue weighted by molar-refractivity contribution is 6.05. The summed E-state index contributed by atoms with van der Waals surface area (Å²) in [7, 11) is 0. The fourth-order valence-electron chi connectivity index (χ4n) is 3.58. The first-order chi connectivity index (χ1) is 16.9. The molecule has 2 N–H and O–H groups in total. The van der Waals surface area contributed by atoms with Crippen LogP contribution in [-0.4, -0.2) is 50.3 Å². The molecule has 0 bridgehead atoms. The van der Waals surface area contributed by atoms with Gasteiger partial charge in [0.25, 0.3) is 5.91 Å². The van der Waals surface area contributed by atoms with E-state index in [1.165, 1.54) is 12.1 Å². The first-order valence-corrected chi connectivity index (χ1v) is 11.6. The predicted octanol–water partition coefficient (Wildman–Crippen LogP) is 4.33. The third-order valence-electron chi connectivity index (χ3n) is 5.40. The lowest BCUT2D eigenvalue weighted by molar-refractivity contribution is -0.109. The van der Waals surface area contributed by atoms with Crippen molar-refractivity contribution < 1.29 is 23.2 Å². The van der Waals surface area contributed by atoms with Gasteiger partial charge in [0.1, 0.15) is 17.3 Å². The quantitative estimate of drug-likeness (QED) is 0.384. The maximum Gasteiger partial charge on any atom is 0.255 e. The van der Waals surface area contributed by atoms with Crippen LogP contribution in [0.5, 0.6) is 0 Å². The number of halogens is 1. The standard InChI is InChI=1S/C22H22FN3O3.C4H9NO/c1-14-3-4-18(13-20(14)21-9-15(2)29-25-21)24-22(27)16-10-17(23)12-19(11-16)26-5-7-28-8-6-26;1-2-3-5-4-6/h3-4,9-13H,5-8H2,1-2H3,(H,24,27);4H,2-3H2,1H3,(H,5,6). The number of nitrogens with zero attached hydrogens (tertiary/aromatic N) is 2. The first-order valence-electron chi connectivity index (χ1n) is 11.6. The van der Waals surface area contributed by atoms with Crippen LogP contribution in [0.25, 0.3) is 11.3 Å². The Hall–Kier alpha value is -3.72. The number of benzene rings is 2. The van der Waals surface area contributed by atoms with Crippen molar-refractivity contribution in [2.75, 3.05) is 43.1 Å². The summed E-state index contributed by atoms with van der Waals surface area (Å²) < 4.78 is 24.7. The minimum Gasteiger partial charge on any atom is -0.378 e. The lowest BCUT2D eigenvalue weighted by atomic mass is 10.0. The summed E-state index contributed by atoms with van der Waals surface area (Å²) in [5.41, 5.74) is 4.14. The van der Waals surface area contributed by atoms with Crippen LogP contribution in [-0.2, 0) is 9.53 Å². The van der Waals surface area contributed by atoms with Crippen LogP contribution < -0.4 is 15.5 Å². The molecule has 9 heteroatoms. The number of hydrogen-bond acceptors (Lipinski definition) is 6. The van der Waals surface area contributed by atoms with E-state index in [2.05, 4.69) is 15.8 Å². The number of aryl methyl sites for hydroxylation is 2. The fourth-order valence-corrected chi connectivity index (χ4v) is 3.58. The molecule has 2 amide bonds. The van der Waals surface area contributed by atoms with Crippen LogP contribution in [0.15, 0.2) is 47.0 Å². The molecule has 1 saturated heterocycles. The molecule has 2 aromatic carbocycles. The van der Waals surface area contributed by atoms with E-state index in [1.807, 2.05) is 49.9 Å². The molecule has 186 valence electrons. The Morgan fingerprint density at radius 3 is 2.54 bits per heavy atom. The Balaban J connectivity index is 0.000000509. The largest absolute Gasteiger partial charge is 0.378 e. The zero-order valence-corrected chi connectivity index (χ0v) is 20.3. The Morgan fingerprint density at radius 2 is 1.91 bits per heavy atom. The van der Waals surface area contributed by atoms with E-state index in [9.17, 15) is 14.0 Å². The Labute approximate surface area is 204 Å². The van der Waals surface area contributed by atoms with Gasteiger partial charge in [-0.2, -0.15) is 0 Å². The number of amides is 2. The number of hydrogen-bond donors (Lipinski definition) is 2. The summed E-state index contributed by atoms with van der Waals surface area (Å²) in [6, 6.07) is 11.8. The van der Waals surface area contributed by atoms with Crippen LogP contribution in [0.4, 0.5) is 15.8 Å². The van der Waals surface area contributed by atoms with Gasteiger partial charge in [0.05, 0.1) is 13.2 Å². The number of rotatable bonds is 7. The fraction of sp³-hybridized carbons (Fsp3) is 0.346. The van der Waals surface area contributed by atoms with E-state index in [0.717, 1.165) is 24.1 Å². The summed E-state index contributed by atoms with van der Waals surface area (Å²) in [5.74, 6) is -0.101. The predicted molar refractivity (Wildman–Crippen MR) is 133 cm³/mol. The number of aromatic nitrogens is 1. The van der Waals surface area contributed by atoms with E-state index in [0.29, 0.717) is 55.5 Å². The van der Waals surface area contributed by atoms with Crippen molar-refractivity contribution in [1.82, 2.24) is 10.5 Å². The molecule has 0 radical (unpaired) electrons. The molecular weight excluding hydrogens is 451 g/mol. The van der Waals surface area contributed by atoms with Crippen molar-refractivity contribution in [2.45, 2.75) is 27.2 Å². The third kappa shape index (κ3) is 7.38. The summed E-state index contributed by atoms with van der Waals surface area (Å²) >= 11 is 0. The first kappa shape index (κ1) is 25.9. The number of carbonyl (C=O) groups excluding carboxylic acids is 2. The van der Waals surface area contributed by atoms with Crippen LogP contribution >= 0.6 is 0 Å². The second-order valence-corrected chi connectivity index (χ2v) is 8.18. The summed E-state index contributed by atoms with van der Waals surface area (Å²) in [6.45, 7) is 9.11. The molecule has 8 nitrogen and oxygen atoms in total. The van der Waals surface area contributed by atoms with Gasteiger partial charge in [-0.15, -0.1) is 0 Å². The van der Waals surface area contributed by atoms with E-state index < -0.39 is 5.82 Å². The number of morpholine rings is 1. The van der Waals surface area contributed by atoms with Gasteiger partial charge in [0.2, 0.25) is 6.41 Å². The molecule has 0 unspecified atom stereocenters. The van der Waals surface area contributed by atoms with Gasteiger partial charge >= 0.3 is 0 Å². The van der Waals surface area contributed by atoms with Crippen LogP contribution in [0, 0.1) is 19.7 Å². The van der Waals surface area contributed by atoms with Gasteiger partial charge in [0.15, 0.2) is 0 Å². The molecule has 3 aromatic rings. The molecule has 1 aliphatic rings. The summed E-state index contributed by atoms with van der Waals surface area (Å²) in [5, 5.41) is 9.42. The SMILES string of the molecule is CCCNC=O.Cc1cc(-c2cc(NC(=O)c3cc(F)cc(N4CCOCC4)c3)ccc2C)no1. The molecule has 1 aliphatic heterocycles. The van der Waals surface area contributed by atoms with E-state index in [1.54, 1.807) is 6.07 Å². The smallest absolute Gasteiger partial charge is 0.255 e. The summed E-state index contributed by atoms with van der Waals surface area (Å²) in [4.78, 5) is 24.2. The molecule has 0 aliphatic carbocycles. The molecular formula is C26H31FN4O4. The van der Waals surface area contributed by atoms with Crippen molar-refractivity contribution in [3.8, 4) is 11.3 Å². The second-order valence-electron chi connectivity index (χ2n) is 8.18. The molecule has 1 aromatic heterocycles. The average molecular weight is 483 g/mol. The molecule has 0 saturated carbocycles. The summed E-state index contributed by atoms with van der Waals surface area (Å²) in [6.07, 6.45) is 1.72. The van der Waals surface area contributed by atoms with Crippen LogP contribution in [0.3, 0.4) is 0 Å². The number of anilines is 2. The molecule has 0 spiro atoms. The van der Waals surface area contributed by atoms with Gasteiger partial charge in [-0.3, -0.25) is 9.59 Å². The van der Waals surface area contributed by atoms with Gasteiger partial charge in [-0.05, 0) is 56.2 Å². The molecule has 4 rings (SSSR count). The maximum atomic E-state index is 14.2.